The predicted molar refractivity (Wildman–Crippen MR) is 75.0 cm³/mol. The minimum absolute atomic E-state index is 0.104. The van der Waals surface area contributed by atoms with Crippen molar-refractivity contribution < 1.29 is 4.79 Å². The molecule has 0 spiro atoms. The quantitative estimate of drug-likeness (QED) is 0.929. The Morgan fingerprint density at radius 1 is 1.35 bits per heavy atom. The largest absolute Gasteiger partial charge is 0.364 e. The lowest BCUT2D eigenvalue weighted by atomic mass is 10.2. The van der Waals surface area contributed by atoms with Crippen molar-refractivity contribution in [2.45, 2.75) is 18.9 Å². The number of primary amides is 1. The molecule has 7 heteroatoms. The van der Waals surface area contributed by atoms with Gasteiger partial charge in [0.25, 0.3) is 5.91 Å². The molecule has 6 nitrogen and oxygen atoms in total. The van der Waals surface area contributed by atoms with Crippen molar-refractivity contribution in [2.24, 2.45) is 5.73 Å². The van der Waals surface area contributed by atoms with Gasteiger partial charge in [0.2, 0.25) is 0 Å². The number of rotatable bonds is 4. The van der Waals surface area contributed by atoms with Gasteiger partial charge in [0, 0.05) is 18.3 Å². The zero-order valence-corrected chi connectivity index (χ0v) is 11.3. The molecule has 1 aliphatic rings. The van der Waals surface area contributed by atoms with Crippen LogP contribution in [0.15, 0.2) is 30.5 Å². The molecule has 0 bridgehead atoms. The first-order valence-corrected chi connectivity index (χ1v) is 6.58. The molecule has 102 valence electrons. The molecule has 1 saturated carbocycles. The molecule has 1 fully saturated rings. The molecule has 20 heavy (non-hydrogen) atoms. The van der Waals surface area contributed by atoms with Crippen molar-refractivity contribution in [3.05, 3.63) is 41.3 Å². The maximum atomic E-state index is 11.5. The number of pyridine rings is 1. The summed E-state index contributed by atoms with van der Waals surface area (Å²) in [5.41, 5.74) is 6.03. The van der Waals surface area contributed by atoms with Gasteiger partial charge in [-0.3, -0.25) is 4.79 Å². The summed E-state index contributed by atoms with van der Waals surface area (Å²) in [6.07, 6.45) is 3.74. The molecule has 0 atom stereocenters. The highest BCUT2D eigenvalue weighted by atomic mass is 35.5. The normalized spacial score (nSPS) is 14.1. The second-order valence-corrected chi connectivity index (χ2v) is 4.94. The van der Waals surface area contributed by atoms with Crippen molar-refractivity contribution >= 4 is 29.0 Å². The van der Waals surface area contributed by atoms with Crippen LogP contribution < -0.4 is 10.6 Å². The highest BCUT2D eigenvalue weighted by molar-refractivity contribution is 6.29. The van der Waals surface area contributed by atoms with Crippen molar-refractivity contribution in [3.8, 4) is 0 Å². The van der Waals surface area contributed by atoms with E-state index in [-0.39, 0.29) is 16.9 Å². The summed E-state index contributed by atoms with van der Waals surface area (Å²) in [6, 6.07) is 7.47. The van der Waals surface area contributed by atoms with Gasteiger partial charge in [0.15, 0.2) is 10.8 Å². The molecular formula is C13H12ClN5O. The van der Waals surface area contributed by atoms with Gasteiger partial charge in [-0.2, -0.15) is 0 Å². The molecule has 1 amide bonds. The van der Waals surface area contributed by atoms with Crippen LogP contribution in [-0.4, -0.2) is 27.1 Å². The number of amides is 1. The summed E-state index contributed by atoms with van der Waals surface area (Å²) in [4.78, 5) is 17.8. The molecule has 0 aromatic carbocycles. The highest BCUT2D eigenvalue weighted by Gasteiger charge is 2.34. The van der Waals surface area contributed by atoms with E-state index in [0.717, 1.165) is 18.7 Å². The first-order valence-electron chi connectivity index (χ1n) is 6.20. The lowest BCUT2D eigenvalue weighted by Gasteiger charge is -2.24. The summed E-state index contributed by atoms with van der Waals surface area (Å²) in [5.74, 6) is 0.104. The standard InChI is InChI=1S/C13H12ClN5O/c14-10-7-9(12(13(15)20)18-17-10)19(8-4-5-8)11-3-1-2-6-16-11/h1-3,6-8H,4-5H2,(H2,15,20). The average Bonchev–Trinajstić information content (AvgIpc) is 3.25. The van der Waals surface area contributed by atoms with E-state index < -0.39 is 5.91 Å². The third-order valence-electron chi connectivity index (χ3n) is 3.05. The molecule has 0 aliphatic heterocycles. The molecule has 0 radical (unpaired) electrons. The van der Waals surface area contributed by atoms with E-state index >= 15 is 0 Å². The van der Waals surface area contributed by atoms with Crippen LogP contribution in [0.5, 0.6) is 0 Å². The summed E-state index contributed by atoms with van der Waals surface area (Å²) in [5, 5.41) is 7.71. The minimum atomic E-state index is -0.634. The fourth-order valence-electron chi connectivity index (χ4n) is 2.05. The van der Waals surface area contributed by atoms with Crippen LogP contribution in [0.2, 0.25) is 5.15 Å². The van der Waals surface area contributed by atoms with Crippen LogP contribution in [-0.2, 0) is 0 Å². The number of halogens is 1. The molecule has 2 N–H and O–H groups in total. The number of hydrogen-bond acceptors (Lipinski definition) is 5. The van der Waals surface area contributed by atoms with Gasteiger partial charge in [-0.05, 0) is 25.0 Å². The van der Waals surface area contributed by atoms with Crippen LogP contribution in [0, 0.1) is 0 Å². The van der Waals surface area contributed by atoms with Crippen molar-refractivity contribution in [3.63, 3.8) is 0 Å². The zero-order valence-electron chi connectivity index (χ0n) is 10.5. The van der Waals surface area contributed by atoms with Crippen LogP contribution in [0.25, 0.3) is 0 Å². The van der Waals surface area contributed by atoms with Gasteiger partial charge in [0.1, 0.15) is 5.82 Å². The molecule has 0 saturated heterocycles. The molecule has 2 aromatic heterocycles. The summed E-state index contributed by atoms with van der Waals surface area (Å²) in [7, 11) is 0. The Balaban J connectivity index is 2.13. The van der Waals surface area contributed by atoms with Gasteiger partial charge in [-0.25, -0.2) is 4.98 Å². The second-order valence-electron chi connectivity index (χ2n) is 4.55. The van der Waals surface area contributed by atoms with Gasteiger partial charge >= 0.3 is 0 Å². The average molecular weight is 290 g/mol. The van der Waals surface area contributed by atoms with Crippen LogP contribution in [0.3, 0.4) is 0 Å². The van der Waals surface area contributed by atoms with E-state index in [4.69, 9.17) is 17.3 Å². The molecule has 2 heterocycles. The number of hydrogen-bond donors (Lipinski definition) is 1. The van der Waals surface area contributed by atoms with E-state index in [1.165, 1.54) is 0 Å². The molecule has 1 aliphatic carbocycles. The molecule has 0 unspecified atom stereocenters. The lowest BCUT2D eigenvalue weighted by Crippen LogP contribution is -2.26. The fourth-order valence-corrected chi connectivity index (χ4v) is 2.20. The summed E-state index contributed by atoms with van der Waals surface area (Å²) in [6.45, 7) is 0. The van der Waals surface area contributed by atoms with Crippen LogP contribution in [0.1, 0.15) is 23.3 Å². The zero-order chi connectivity index (χ0) is 14.1. The van der Waals surface area contributed by atoms with Crippen molar-refractivity contribution in [1.29, 1.82) is 0 Å². The number of nitrogens with zero attached hydrogens (tertiary/aromatic N) is 4. The van der Waals surface area contributed by atoms with Crippen molar-refractivity contribution in [1.82, 2.24) is 15.2 Å². The highest BCUT2D eigenvalue weighted by Crippen LogP contribution is 2.38. The van der Waals surface area contributed by atoms with E-state index in [0.29, 0.717) is 5.69 Å². The molecule has 3 rings (SSSR count). The number of carbonyl (C=O) groups is 1. The van der Waals surface area contributed by atoms with Crippen LogP contribution in [0.4, 0.5) is 11.5 Å². The van der Waals surface area contributed by atoms with Crippen molar-refractivity contribution in [2.75, 3.05) is 4.90 Å². The Bertz CT molecular complexity index is 644. The van der Waals surface area contributed by atoms with E-state index in [9.17, 15) is 4.79 Å². The Labute approximate surface area is 120 Å². The number of aromatic nitrogens is 3. The van der Waals surface area contributed by atoms with E-state index in [1.807, 2.05) is 23.1 Å². The monoisotopic (exact) mass is 289 g/mol. The predicted octanol–water partition coefficient (Wildman–Crippen LogP) is 1.92. The Kier molecular flexibility index (Phi) is 3.23. The third kappa shape index (κ3) is 2.42. The topological polar surface area (TPSA) is 85.0 Å². The maximum absolute atomic E-state index is 11.5. The fraction of sp³-hybridized carbons (Fsp3) is 0.231. The van der Waals surface area contributed by atoms with Gasteiger partial charge in [-0.1, -0.05) is 17.7 Å². The van der Waals surface area contributed by atoms with E-state index in [2.05, 4.69) is 15.2 Å². The van der Waals surface area contributed by atoms with Crippen LogP contribution >= 0.6 is 11.6 Å². The minimum Gasteiger partial charge on any atom is -0.364 e. The Morgan fingerprint density at radius 3 is 2.75 bits per heavy atom. The number of nitrogens with two attached hydrogens (primary N) is 1. The summed E-state index contributed by atoms with van der Waals surface area (Å²) >= 11 is 5.91. The molecular weight excluding hydrogens is 278 g/mol. The first kappa shape index (κ1) is 12.8. The molecule has 2 aromatic rings. The summed E-state index contributed by atoms with van der Waals surface area (Å²) < 4.78 is 0. The number of anilines is 2. The SMILES string of the molecule is NC(=O)c1nnc(Cl)cc1N(c1ccccn1)C1CC1. The van der Waals surface area contributed by atoms with Gasteiger partial charge < -0.3 is 10.6 Å². The second kappa shape index (κ2) is 5.05. The van der Waals surface area contributed by atoms with Gasteiger partial charge in [0.05, 0.1) is 5.69 Å². The Hall–Kier alpha value is -2.21. The first-order chi connectivity index (χ1) is 9.66. The maximum Gasteiger partial charge on any atom is 0.271 e. The van der Waals surface area contributed by atoms with Gasteiger partial charge in [-0.15, -0.1) is 10.2 Å². The third-order valence-corrected chi connectivity index (χ3v) is 3.23. The Morgan fingerprint density at radius 2 is 2.15 bits per heavy atom. The lowest BCUT2D eigenvalue weighted by molar-refractivity contribution is 0.0995. The number of carbonyl (C=O) groups excluding carboxylic acids is 1. The van der Waals surface area contributed by atoms with E-state index in [1.54, 1.807) is 12.3 Å². The smallest absolute Gasteiger partial charge is 0.271 e.